The first-order valence-corrected chi connectivity index (χ1v) is 6.26. The minimum atomic E-state index is -0.421. The standard InChI is InChI=1S/C12H12O3S/c1-16-10-4-2-8(3-5-10)11-6-9(13)7-12(14)15-11/h2-5,11H,6-7H2,1H3. The van der Waals surface area contributed by atoms with E-state index in [9.17, 15) is 9.59 Å². The van der Waals surface area contributed by atoms with E-state index in [4.69, 9.17) is 4.74 Å². The van der Waals surface area contributed by atoms with Gasteiger partial charge in [0, 0.05) is 11.3 Å². The lowest BCUT2D eigenvalue weighted by molar-refractivity contribution is -0.158. The molecule has 1 saturated heterocycles. The summed E-state index contributed by atoms with van der Waals surface area (Å²) in [7, 11) is 0. The van der Waals surface area contributed by atoms with E-state index in [-0.39, 0.29) is 12.2 Å². The van der Waals surface area contributed by atoms with E-state index >= 15 is 0 Å². The number of thioether (sulfide) groups is 1. The molecule has 1 fully saturated rings. The fraction of sp³-hybridized carbons (Fsp3) is 0.333. The average Bonchev–Trinajstić information content (AvgIpc) is 2.28. The van der Waals surface area contributed by atoms with Crippen molar-refractivity contribution in [2.24, 2.45) is 0 Å². The van der Waals surface area contributed by atoms with Crippen molar-refractivity contribution in [1.82, 2.24) is 0 Å². The van der Waals surface area contributed by atoms with E-state index in [1.165, 1.54) is 0 Å². The molecule has 0 bridgehead atoms. The molecule has 0 radical (unpaired) electrons. The van der Waals surface area contributed by atoms with E-state index in [0.717, 1.165) is 10.5 Å². The number of ketones is 1. The quantitative estimate of drug-likeness (QED) is 0.449. The molecule has 4 heteroatoms. The zero-order valence-corrected chi connectivity index (χ0v) is 9.75. The van der Waals surface area contributed by atoms with Gasteiger partial charge in [-0.15, -0.1) is 11.8 Å². The highest BCUT2D eigenvalue weighted by Gasteiger charge is 2.27. The Morgan fingerprint density at radius 3 is 2.50 bits per heavy atom. The van der Waals surface area contributed by atoms with Crippen LogP contribution in [0, 0.1) is 0 Å². The first kappa shape index (κ1) is 11.2. The third kappa shape index (κ3) is 2.44. The number of carbonyl (C=O) groups is 2. The van der Waals surface area contributed by atoms with E-state index in [2.05, 4.69) is 0 Å². The number of carbonyl (C=O) groups excluding carboxylic acids is 2. The highest BCUT2D eigenvalue weighted by Crippen LogP contribution is 2.28. The second-order valence-corrected chi connectivity index (χ2v) is 4.55. The van der Waals surface area contributed by atoms with Crippen LogP contribution in [0.1, 0.15) is 24.5 Å². The van der Waals surface area contributed by atoms with Crippen LogP contribution in [0.25, 0.3) is 0 Å². The predicted molar refractivity (Wildman–Crippen MR) is 61.3 cm³/mol. The van der Waals surface area contributed by atoms with Gasteiger partial charge < -0.3 is 4.74 Å². The van der Waals surface area contributed by atoms with Crippen LogP contribution in [0.3, 0.4) is 0 Å². The maximum atomic E-state index is 11.3. The fourth-order valence-electron chi connectivity index (χ4n) is 1.69. The average molecular weight is 236 g/mol. The molecule has 1 aliphatic rings. The van der Waals surface area contributed by atoms with Gasteiger partial charge in [-0.3, -0.25) is 9.59 Å². The molecule has 1 unspecified atom stereocenters. The summed E-state index contributed by atoms with van der Waals surface area (Å²) in [6.07, 6.45) is 1.81. The highest BCUT2D eigenvalue weighted by atomic mass is 32.2. The monoisotopic (exact) mass is 236 g/mol. The normalized spacial score (nSPS) is 20.7. The summed E-state index contributed by atoms with van der Waals surface area (Å²) in [5.41, 5.74) is 0.888. The van der Waals surface area contributed by atoms with Crippen LogP contribution in [0.2, 0.25) is 0 Å². The molecule has 0 N–H and O–H groups in total. The number of hydrogen-bond acceptors (Lipinski definition) is 4. The molecule has 3 nitrogen and oxygen atoms in total. The van der Waals surface area contributed by atoms with Crippen molar-refractivity contribution in [3.63, 3.8) is 0 Å². The molecule has 0 spiro atoms. The topological polar surface area (TPSA) is 43.4 Å². The van der Waals surface area contributed by atoms with Crippen molar-refractivity contribution in [2.45, 2.75) is 23.8 Å². The molecule has 1 aromatic rings. The second-order valence-electron chi connectivity index (χ2n) is 3.67. The zero-order valence-electron chi connectivity index (χ0n) is 8.93. The molecule has 2 rings (SSSR count). The lowest BCUT2D eigenvalue weighted by Gasteiger charge is -2.21. The van der Waals surface area contributed by atoms with E-state index < -0.39 is 12.1 Å². The minimum absolute atomic E-state index is 0.0461. The molecule has 16 heavy (non-hydrogen) atoms. The number of cyclic esters (lactones) is 1. The number of benzene rings is 1. The molecular weight excluding hydrogens is 224 g/mol. The SMILES string of the molecule is CSc1ccc(C2CC(=O)CC(=O)O2)cc1. The highest BCUT2D eigenvalue weighted by molar-refractivity contribution is 7.98. The van der Waals surface area contributed by atoms with Crippen LogP contribution in [0.4, 0.5) is 0 Å². The van der Waals surface area contributed by atoms with Crippen molar-refractivity contribution in [3.05, 3.63) is 29.8 Å². The van der Waals surface area contributed by atoms with Crippen molar-refractivity contribution in [2.75, 3.05) is 6.26 Å². The van der Waals surface area contributed by atoms with Gasteiger partial charge in [-0.05, 0) is 24.0 Å². The first-order chi connectivity index (χ1) is 7.69. The van der Waals surface area contributed by atoms with Crippen molar-refractivity contribution >= 4 is 23.5 Å². The molecule has 0 saturated carbocycles. The van der Waals surface area contributed by atoms with E-state index in [1.807, 2.05) is 30.5 Å². The Hall–Kier alpha value is -1.29. The molecule has 0 aliphatic carbocycles. The zero-order chi connectivity index (χ0) is 11.5. The van der Waals surface area contributed by atoms with Crippen molar-refractivity contribution in [3.8, 4) is 0 Å². The van der Waals surface area contributed by atoms with Crippen LogP contribution in [0.5, 0.6) is 0 Å². The van der Waals surface area contributed by atoms with Crippen molar-refractivity contribution < 1.29 is 14.3 Å². The third-order valence-electron chi connectivity index (χ3n) is 2.52. The molecule has 84 valence electrons. The molecule has 0 aromatic heterocycles. The van der Waals surface area contributed by atoms with Gasteiger partial charge in [-0.1, -0.05) is 12.1 Å². The maximum Gasteiger partial charge on any atom is 0.313 e. The number of esters is 1. The summed E-state index contributed by atoms with van der Waals surface area (Å²) >= 11 is 1.65. The smallest absolute Gasteiger partial charge is 0.313 e. The van der Waals surface area contributed by atoms with Gasteiger partial charge in [0.25, 0.3) is 0 Å². The molecule has 0 amide bonds. The van der Waals surface area contributed by atoms with E-state index in [1.54, 1.807) is 11.8 Å². The lowest BCUT2D eigenvalue weighted by atomic mass is 10.0. The molecule has 1 atom stereocenters. The molecule has 1 aliphatic heterocycles. The predicted octanol–water partition coefficient (Wildman–Crippen LogP) is 2.36. The maximum absolute atomic E-state index is 11.3. The number of hydrogen-bond donors (Lipinski definition) is 0. The number of Topliss-reactive ketones (excluding diaryl/α,β-unsaturated/α-hetero) is 1. The van der Waals surface area contributed by atoms with Gasteiger partial charge in [-0.2, -0.15) is 0 Å². The van der Waals surface area contributed by atoms with Crippen LogP contribution in [-0.4, -0.2) is 18.0 Å². The Labute approximate surface area is 98.2 Å². The summed E-state index contributed by atoms with van der Waals surface area (Å²) in [5.74, 6) is -0.467. The molecular formula is C12H12O3S. The fourth-order valence-corrected chi connectivity index (χ4v) is 2.09. The molecule has 1 heterocycles. The Morgan fingerprint density at radius 1 is 1.25 bits per heavy atom. The largest absolute Gasteiger partial charge is 0.457 e. The van der Waals surface area contributed by atoms with Crippen molar-refractivity contribution in [1.29, 1.82) is 0 Å². The van der Waals surface area contributed by atoms with Crippen LogP contribution >= 0.6 is 11.8 Å². The lowest BCUT2D eigenvalue weighted by Crippen LogP contribution is -2.24. The van der Waals surface area contributed by atoms with Gasteiger partial charge >= 0.3 is 5.97 Å². The Bertz CT molecular complexity index is 395. The minimum Gasteiger partial charge on any atom is -0.457 e. The van der Waals surface area contributed by atoms with Crippen LogP contribution in [-0.2, 0) is 14.3 Å². The first-order valence-electron chi connectivity index (χ1n) is 5.04. The number of ether oxygens (including phenoxy) is 1. The summed E-state index contributed by atoms with van der Waals surface area (Å²) < 4.78 is 5.15. The summed E-state index contributed by atoms with van der Waals surface area (Å²) in [6.45, 7) is 0. The van der Waals surface area contributed by atoms with Gasteiger partial charge in [-0.25, -0.2) is 0 Å². The Balaban J connectivity index is 2.16. The third-order valence-corrected chi connectivity index (χ3v) is 3.26. The number of rotatable bonds is 2. The summed E-state index contributed by atoms with van der Waals surface area (Å²) in [6, 6.07) is 7.74. The summed E-state index contributed by atoms with van der Waals surface area (Å²) in [5, 5.41) is 0. The van der Waals surface area contributed by atoms with Crippen LogP contribution in [0.15, 0.2) is 29.2 Å². The molecule has 1 aromatic carbocycles. The Kier molecular flexibility index (Phi) is 3.29. The van der Waals surface area contributed by atoms with Gasteiger partial charge in [0.1, 0.15) is 18.3 Å². The Morgan fingerprint density at radius 2 is 1.94 bits per heavy atom. The second kappa shape index (κ2) is 4.70. The summed E-state index contributed by atoms with van der Waals surface area (Å²) in [4.78, 5) is 23.6. The van der Waals surface area contributed by atoms with Crippen LogP contribution < -0.4 is 0 Å². The van der Waals surface area contributed by atoms with Gasteiger partial charge in [0.05, 0.1) is 0 Å². The van der Waals surface area contributed by atoms with E-state index in [0.29, 0.717) is 6.42 Å². The van der Waals surface area contributed by atoms with Gasteiger partial charge in [0.15, 0.2) is 0 Å². The van der Waals surface area contributed by atoms with Gasteiger partial charge in [0.2, 0.25) is 0 Å².